The predicted octanol–water partition coefficient (Wildman–Crippen LogP) is 2.91. The quantitative estimate of drug-likeness (QED) is 0.885. The third-order valence-corrected chi connectivity index (χ3v) is 3.33. The van der Waals surface area contributed by atoms with Gasteiger partial charge in [0.1, 0.15) is 13.2 Å². The van der Waals surface area contributed by atoms with E-state index in [0.717, 1.165) is 0 Å². The first-order chi connectivity index (χ1) is 10.6. The van der Waals surface area contributed by atoms with E-state index in [-0.39, 0.29) is 11.7 Å². The molecule has 112 valence electrons. The maximum absolute atomic E-state index is 12.3. The monoisotopic (exact) mass is 297 g/mol. The number of ketones is 1. The molecular formula is C17H15NO4. The molecule has 22 heavy (non-hydrogen) atoms. The molecule has 1 N–H and O–H groups in total. The highest BCUT2D eigenvalue weighted by Crippen LogP contribution is 2.31. The Kier molecular flexibility index (Phi) is 3.78. The highest BCUT2D eigenvalue weighted by Gasteiger charge is 2.15. The van der Waals surface area contributed by atoms with Gasteiger partial charge in [0.2, 0.25) is 0 Å². The van der Waals surface area contributed by atoms with Crippen LogP contribution in [0.1, 0.15) is 27.6 Å². The Morgan fingerprint density at radius 1 is 0.955 bits per heavy atom. The first-order valence-electron chi connectivity index (χ1n) is 6.95. The van der Waals surface area contributed by atoms with Crippen LogP contribution in [0.2, 0.25) is 0 Å². The number of ether oxygens (including phenoxy) is 2. The molecule has 5 heteroatoms. The van der Waals surface area contributed by atoms with Crippen molar-refractivity contribution in [3.63, 3.8) is 0 Å². The van der Waals surface area contributed by atoms with Crippen molar-refractivity contribution in [3.8, 4) is 11.5 Å². The van der Waals surface area contributed by atoms with E-state index in [4.69, 9.17) is 9.47 Å². The number of fused-ring (bicyclic) bond motifs is 1. The topological polar surface area (TPSA) is 64.6 Å². The van der Waals surface area contributed by atoms with Crippen LogP contribution in [0.3, 0.4) is 0 Å². The largest absolute Gasteiger partial charge is 0.486 e. The van der Waals surface area contributed by atoms with E-state index in [1.807, 2.05) is 0 Å². The molecule has 0 aliphatic carbocycles. The molecule has 2 aromatic carbocycles. The summed E-state index contributed by atoms with van der Waals surface area (Å²) in [5.74, 6) is 0.894. The molecule has 1 aliphatic rings. The number of hydrogen-bond donors (Lipinski definition) is 1. The molecule has 0 saturated heterocycles. The summed E-state index contributed by atoms with van der Waals surface area (Å²) in [6.45, 7) is 2.47. The van der Waals surface area contributed by atoms with Gasteiger partial charge in [0.05, 0.1) is 0 Å². The number of nitrogens with one attached hydrogen (secondary N) is 1. The van der Waals surface area contributed by atoms with Gasteiger partial charge in [0.25, 0.3) is 5.91 Å². The van der Waals surface area contributed by atoms with Crippen molar-refractivity contribution in [2.24, 2.45) is 0 Å². The number of rotatable bonds is 3. The van der Waals surface area contributed by atoms with E-state index in [0.29, 0.717) is 41.5 Å². The van der Waals surface area contributed by atoms with Crippen LogP contribution in [0.15, 0.2) is 42.5 Å². The molecule has 0 fully saturated rings. The van der Waals surface area contributed by atoms with Crippen LogP contribution >= 0.6 is 0 Å². The number of carbonyl (C=O) groups excluding carboxylic acids is 2. The van der Waals surface area contributed by atoms with Gasteiger partial charge >= 0.3 is 0 Å². The van der Waals surface area contributed by atoms with Crippen LogP contribution in [0, 0.1) is 0 Å². The van der Waals surface area contributed by atoms with Crippen LogP contribution < -0.4 is 14.8 Å². The Morgan fingerprint density at radius 2 is 1.73 bits per heavy atom. The van der Waals surface area contributed by atoms with Crippen molar-refractivity contribution in [3.05, 3.63) is 53.6 Å². The van der Waals surface area contributed by atoms with E-state index >= 15 is 0 Å². The summed E-state index contributed by atoms with van der Waals surface area (Å²) in [5.41, 5.74) is 1.60. The second-order valence-corrected chi connectivity index (χ2v) is 4.95. The van der Waals surface area contributed by atoms with Gasteiger partial charge < -0.3 is 14.8 Å². The number of anilines is 1. The smallest absolute Gasteiger partial charge is 0.255 e. The van der Waals surface area contributed by atoms with Gasteiger partial charge in [-0.1, -0.05) is 12.1 Å². The molecule has 2 aromatic rings. The normalized spacial score (nSPS) is 12.6. The van der Waals surface area contributed by atoms with Crippen molar-refractivity contribution in [2.45, 2.75) is 6.92 Å². The highest BCUT2D eigenvalue weighted by molar-refractivity contribution is 6.05. The molecule has 1 heterocycles. The molecule has 0 radical (unpaired) electrons. The number of Topliss-reactive ketones (excluding diaryl/α,β-unsaturated/α-hetero) is 1. The van der Waals surface area contributed by atoms with Gasteiger partial charge in [-0.2, -0.15) is 0 Å². The first kappa shape index (κ1) is 14.1. The lowest BCUT2D eigenvalue weighted by Crippen LogP contribution is -2.17. The van der Waals surface area contributed by atoms with E-state index in [9.17, 15) is 9.59 Å². The Balaban J connectivity index is 1.80. The SMILES string of the molecule is CC(=O)c1cccc(NC(=O)c2ccc3c(c2)OCCO3)c1. The third kappa shape index (κ3) is 2.93. The van der Waals surface area contributed by atoms with Gasteiger partial charge in [-0.05, 0) is 37.3 Å². The minimum atomic E-state index is -0.266. The molecule has 1 amide bonds. The Hall–Kier alpha value is -2.82. The summed E-state index contributed by atoms with van der Waals surface area (Å²) in [5, 5.41) is 2.77. The number of hydrogen-bond acceptors (Lipinski definition) is 4. The van der Waals surface area contributed by atoms with Crippen molar-refractivity contribution >= 4 is 17.4 Å². The lowest BCUT2D eigenvalue weighted by molar-refractivity contribution is 0.101. The first-order valence-corrected chi connectivity index (χ1v) is 6.95. The van der Waals surface area contributed by atoms with Gasteiger partial charge in [0, 0.05) is 16.8 Å². The average Bonchev–Trinajstić information content (AvgIpc) is 2.54. The second kappa shape index (κ2) is 5.89. The predicted molar refractivity (Wildman–Crippen MR) is 81.8 cm³/mol. The van der Waals surface area contributed by atoms with Crippen LogP contribution in [0.5, 0.6) is 11.5 Å². The molecular weight excluding hydrogens is 282 g/mol. The zero-order chi connectivity index (χ0) is 15.5. The summed E-state index contributed by atoms with van der Waals surface area (Å²) >= 11 is 0. The minimum Gasteiger partial charge on any atom is -0.486 e. The zero-order valence-electron chi connectivity index (χ0n) is 12.1. The standard InChI is InChI=1S/C17H15NO4/c1-11(19)12-3-2-4-14(9-12)18-17(20)13-5-6-15-16(10-13)22-8-7-21-15/h2-6,9-10H,7-8H2,1H3,(H,18,20). The molecule has 0 saturated carbocycles. The molecule has 0 unspecified atom stereocenters. The summed E-state index contributed by atoms with van der Waals surface area (Å²) in [7, 11) is 0. The van der Waals surface area contributed by atoms with E-state index in [1.165, 1.54) is 6.92 Å². The Morgan fingerprint density at radius 3 is 2.50 bits per heavy atom. The van der Waals surface area contributed by atoms with Crippen LogP contribution in [-0.2, 0) is 0 Å². The zero-order valence-corrected chi connectivity index (χ0v) is 12.1. The Labute approximate surface area is 127 Å². The van der Waals surface area contributed by atoms with Gasteiger partial charge in [-0.25, -0.2) is 0 Å². The van der Waals surface area contributed by atoms with Crippen LogP contribution in [0.4, 0.5) is 5.69 Å². The fourth-order valence-electron chi connectivity index (χ4n) is 2.20. The van der Waals surface area contributed by atoms with Crippen LogP contribution in [0.25, 0.3) is 0 Å². The van der Waals surface area contributed by atoms with E-state index < -0.39 is 0 Å². The fraction of sp³-hybridized carbons (Fsp3) is 0.176. The summed E-state index contributed by atoms with van der Waals surface area (Å²) in [4.78, 5) is 23.7. The van der Waals surface area contributed by atoms with Crippen molar-refractivity contribution in [1.29, 1.82) is 0 Å². The molecule has 3 rings (SSSR count). The van der Waals surface area contributed by atoms with Gasteiger partial charge in [0.15, 0.2) is 17.3 Å². The number of amides is 1. The van der Waals surface area contributed by atoms with E-state index in [2.05, 4.69) is 5.32 Å². The molecule has 0 bridgehead atoms. The summed E-state index contributed by atoms with van der Waals surface area (Å²) in [6.07, 6.45) is 0. The molecule has 5 nitrogen and oxygen atoms in total. The van der Waals surface area contributed by atoms with Gasteiger partial charge in [-0.3, -0.25) is 9.59 Å². The van der Waals surface area contributed by atoms with Crippen molar-refractivity contribution in [2.75, 3.05) is 18.5 Å². The average molecular weight is 297 g/mol. The van der Waals surface area contributed by atoms with Crippen LogP contribution in [-0.4, -0.2) is 24.9 Å². The maximum Gasteiger partial charge on any atom is 0.255 e. The molecule has 0 atom stereocenters. The number of carbonyl (C=O) groups is 2. The van der Waals surface area contributed by atoms with Crippen molar-refractivity contribution in [1.82, 2.24) is 0 Å². The second-order valence-electron chi connectivity index (χ2n) is 4.95. The summed E-state index contributed by atoms with van der Waals surface area (Å²) in [6, 6.07) is 11.9. The fourth-order valence-corrected chi connectivity index (χ4v) is 2.20. The third-order valence-electron chi connectivity index (χ3n) is 3.33. The lowest BCUT2D eigenvalue weighted by Gasteiger charge is -2.18. The summed E-state index contributed by atoms with van der Waals surface area (Å²) < 4.78 is 10.9. The minimum absolute atomic E-state index is 0.0459. The molecule has 0 spiro atoms. The maximum atomic E-state index is 12.3. The number of benzene rings is 2. The lowest BCUT2D eigenvalue weighted by atomic mass is 10.1. The van der Waals surface area contributed by atoms with E-state index in [1.54, 1.807) is 42.5 Å². The van der Waals surface area contributed by atoms with Gasteiger partial charge in [-0.15, -0.1) is 0 Å². The molecule has 1 aliphatic heterocycles. The highest BCUT2D eigenvalue weighted by atomic mass is 16.6. The molecule has 0 aromatic heterocycles. The Bertz CT molecular complexity index is 739. The van der Waals surface area contributed by atoms with Crippen molar-refractivity contribution < 1.29 is 19.1 Å².